The SMILES string of the molecule is Cc1ccc([N+](=O)[O-])c(COC(=O)Br)c1. The Bertz CT molecular complexity index is 405. The Morgan fingerprint density at radius 3 is 2.80 bits per heavy atom. The van der Waals surface area contributed by atoms with Crippen LogP contribution in [0.1, 0.15) is 11.1 Å². The number of benzene rings is 1. The summed E-state index contributed by atoms with van der Waals surface area (Å²) in [6, 6.07) is 4.65. The van der Waals surface area contributed by atoms with Crippen LogP contribution < -0.4 is 0 Å². The second kappa shape index (κ2) is 4.88. The summed E-state index contributed by atoms with van der Waals surface area (Å²) < 4.78 is 4.65. The molecule has 1 aromatic rings. The van der Waals surface area contributed by atoms with E-state index in [9.17, 15) is 14.9 Å². The highest BCUT2D eigenvalue weighted by molar-refractivity contribution is 9.18. The number of rotatable bonds is 3. The zero-order valence-corrected chi connectivity index (χ0v) is 9.48. The van der Waals surface area contributed by atoms with Crippen LogP contribution in [0.3, 0.4) is 0 Å². The maximum atomic E-state index is 10.6. The molecular formula is C9H8BrNO4. The van der Waals surface area contributed by atoms with Crippen LogP contribution in [0.15, 0.2) is 18.2 Å². The molecule has 0 saturated carbocycles. The average Bonchev–Trinajstić information content (AvgIpc) is 2.14. The molecule has 0 amide bonds. The summed E-state index contributed by atoms with van der Waals surface area (Å²) in [6.45, 7) is 1.70. The van der Waals surface area contributed by atoms with Gasteiger partial charge in [0.25, 0.3) is 5.69 Å². The number of ether oxygens (including phenoxy) is 1. The van der Waals surface area contributed by atoms with Crippen molar-refractivity contribution in [2.45, 2.75) is 13.5 Å². The third kappa shape index (κ3) is 3.32. The summed E-state index contributed by atoms with van der Waals surface area (Å²) in [7, 11) is 0. The highest BCUT2D eigenvalue weighted by atomic mass is 79.9. The number of hydrogen-bond acceptors (Lipinski definition) is 4. The summed E-state index contributed by atoms with van der Waals surface area (Å²) in [5, 5.41) is 10.6. The van der Waals surface area contributed by atoms with E-state index in [-0.39, 0.29) is 12.3 Å². The third-order valence-electron chi connectivity index (χ3n) is 1.77. The molecule has 0 radical (unpaired) electrons. The van der Waals surface area contributed by atoms with Crippen molar-refractivity contribution in [3.63, 3.8) is 0 Å². The molecular weight excluding hydrogens is 266 g/mol. The molecule has 0 aliphatic rings. The first-order chi connectivity index (χ1) is 7.00. The average molecular weight is 274 g/mol. The molecule has 1 rings (SSSR count). The van der Waals surface area contributed by atoms with Crippen molar-refractivity contribution < 1.29 is 14.5 Å². The molecule has 0 fully saturated rings. The van der Waals surface area contributed by atoms with Gasteiger partial charge in [0.05, 0.1) is 10.5 Å². The molecule has 0 heterocycles. The molecule has 0 unspecified atom stereocenters. The maximum Gasteiger partial charge on any atom is 0.374 e. The Morgan fingerprint density at radius 1 is 1.60 bits per heavy atom. The normalized spacial score (nSPS) is 9.73. The quantitative estimate of drug-likeness (QED) is 0.482. The fourth-order valence-corrected chi connectivity index (χ4v) is 1.26. The molecule has 0 spiro atoms. The first-order valence-electron chi connectivity index (χ1n) is 4.07. The topological polar surface area (TPSA) is 69.4 Å². The van der Waals surface area contributed by atoms with Crippen molar-refractivity contribution in [2.24, 2.45) is 0 Å². The van der Waals surface area contributed by atoms with Gasteiger partial charge in [0.2, 0.25) is 0 Å². The maximum absolute atomic E-state index is 10.6. The minimum atomic E-state index is -0.640. The molecule has 0 saturated heterocycles. The lowest BCUT2D eigenvalue weighted by molar-refractivity contribution is -0.385. The lowest BCUT2D eigenvalue weighted by atomic mass is 10.1. The Kier molecular flexibility index (Phi) is 3.79. The Morgan fingerprint density at radius 2 is 2.27 bits per heavy atom. The second-order valence-electron chi connectivity index (χ2n) is 2.92. The fraction of sp³-hybridized carbons (Fsp3) is 0.222. The molecule has 0 aliphatic heterocycles. The number of nitrogens with zero attached hydrogens (tertiary/aromatic N) is 1. The van der Waals surface area contributed by atoms with E-state index >= 15 is 0 Å². The number of halogens is 1. The summed E-state index contributed by atoms with van der Waals surface area (Å²) in [4.78, 5) is 20.0. The van der Waals surface area contributed by atoms with E-state index in [4.69, 9.17) is 0 Å². The van der Waals surface area contributed by atoms with Gasteiger partial charge < -0.3 is 4.74 Å². The van der Waals surface area contributed by atoms with Crippen LogP contribution in [0.4, 0.5) is 10.5 Å². The highest BCUT2D eigenvalue weighted by Crippen LogP contribution is 2.20. The van der Waals surface area contributed by atoms with Gasteiger partial charge in [0, 0.05) is 22.0 Å². The molecule has 0 N–H and O–H groups in total. The first kappa shape index (κ1) is 11.6. The van der Waals surface area contributed by atoms with Gasteiger partial charge in [0.1, 0.15) is 6.61 Å². The van der Waals surface area contributed by atoms with Crippen molar-refractivity contribution >= 4 is 26.5 Å². The molecule has 80 valence electrons. The fourth-order valence-electron chi connectivity index (χ4n) is 1.14. The summed E-state index contributed by atoms with van der Waals surface area (Å²) in [5.41, 5.74) is 1.21. The molecule has 1 aromatic carbocycles. The summed E-state index contributed by atoms with van der Waals surface area (Å²) in [6.07, 6.45) is 0. The minimum Gasteiger partial charge on any atom is -0.452 e. The number of hydrogen-bond donors (Lipinski definition) is 0. The van der Waals surface area contributed by atoms with Gasteiger partial charge in [-0.3, -0.25) is 10.1 Å². The standard InChI is InChI=1S/C9H8BrNO4/c1-6-2-3-8(11(13)14)7(4-6)5-15-9(10)12/h2-4H,5H2,1H3. The molecule has 0 atom stereocenters. The van der Waals surface area contributed by atoms with Crippen molar-refractivity contribution in [1.29, 1.82) is 0 Å². The molecule has 0 aromatic heterocycles. The Hall–Kier alpha value is -1.43. The molecule has 5 nitrogen and oxygen atoms in total. The lowest BCUT2D eigenvalue weighted by Gasteiger charge is -2.03. The zero-order chi connectivity index (χ0) is 11.4. The number of carbonyl (C=O) groups excluding carboxylic acids is 1. The van der Waals surface area contributed by atoms with Crippen molar-refractivity contribution in [3.05, 3.63) is 39.4 Å². The van der Waals surface area contributed by atoms with Crippen LogP contribution in [-0.2, 0) is 11.3 Å². The summed E-state index contributed by atoms with van der Waals surface area (Å²) in [5.74, 6) is 0. The van der Waals surface area contributed by atoms with Crippen LogP contribution in [0.5, 0.6) is 0 Å². The molecule has 0 aliphatic carbocycles. The zero-order valence-electron chi connectivity index (χ0n) is 7.90. The van der Waals surface area contributed by atoms with Gasteiger partial charge in [-0.25, -0.2) is 4.79 Å². The number of nitro groups is 1. The lowest BCUT2D eigenvalue weighted by Crippen LogP contribution is -2.00. The third-order valence-corrected chi connectivity index (χ3v) is 2.00. The number of nitro benzene ring substituents is 1. The van der Waals surface area contributed by atoms with Gasteiger partial charge in [0.15, 0.2) is 0 Å². The number of carbonyl (C=O) groups is 1. The Balaban J connectivity index is 2.96. The minimum absolute atomic E-state index is 0.0469. The van der Waals surface area contributed by atoms with E-state index in [0.29, 0.717) is 5.56 Å². The predicted molar refractivity (Wildman–Crippen MR) is 56.9 cm³/mol. The highest BCUT2D eigenvalue weighted by Gasteiger charge is 2.14. The smallest absolute Gasteiger partial charge is 0.374 e. The van der Waals surface area contributed by atoms with E-state index in [1.807, 2.05) is 6.92 Å². The number of aryl methyl sites for hydroxylation is 1. The van der Waals surface area contributed by atoms with Crippen LogP contribution in [0, 0.1) is 17.0 Å². The van der Waals surface area contributed by atoms with Gasteiger partial charge in [-0.05, 0) is 13.0 Å². The largest absolute Gasteiger partial charge is 0.452 e. The van der Waals surface area contributed by atoms with E-state index in [1.54, 1.807) is 12.1 Å². The van der Waals surface area contributed by atoms with E-state index in [0.717, 1.165) is 5.56 Å². The van der Waals surface area contributed by atoms with Gasteiger partial charge in [-0.1, -0.05) is 11.6 Å². The van der Waals surface area contributed by atoms with Crippen LogP contribution >= 0.6 is 15.9 Å². The van der Waals surface area contributed by atoms with Gasteiger partial charge in [-0.15, -0.1) is 0 Å². The Labute approximate surface area is 94.3 Å². The second-order valence-corrected chi connectivity index (χ2v) is 3.56. The van der Waals surface area contributed by atoms with Crippen LogP contribution in [0.2, 0.25) is 0 Å². The van der Waals surface area contributed by atoms with Gasteiger partial charge in [-0.2, -0.15) is 0 Å². The van der Waals surface area contributed by atoms with Crippen molar-refractivity contribution in [3.8, 4) is 0 Å². The first-order valence-corrected chi connectivity index (χ1v) is 4.86. The van der Waals surface area contributed by atoms with Crippen molar-refractivity contribution in [2.75, 3.05) is 0 Å². The molecule has 6 heteroatoms. The van der Waals surface area contributed by atoms with E-state index < -0.39 is 9.80 Å². The van der Waals surface area contributed by atoms with Crippen molar-refractivity contribution in [1.82, 2.24) is 0 Å². The van der Waals surface area contributed by atoms with E-state index in [1.165, 1.54) is 6.07 Å². The van der Waals surface area contributed by atoms with E-state index in [2.05, 4.69) is 20.7 Å². The molecule has 0 bridgehead atoms. The van der Waals surface area contributed by atoms with Crippen LogP contribution in [-0.4, -0.2) is 9.80 Å². The van der Waals surface area contributed by atoms with Gasteiger partial charge >= 0.3 is 4.88 Å². The van der Waals surface area contributed by atoms with Crippen LogP contribution in [0.25, 0.3) is 0 Å². The molecule has 15 heavy (non-hydrogen) atoms. The summed E-state index contributed by atoms with van der Waals surface area (Å²) >= 11 is 2.58. The monoisotopic (exact) mass is 273 g/mol. The predicted octanol–water partition coefficient (Wildman–Crippen LogP) is 2.93.